The first kappa shape index (κ1) is 15.3. The molecule has 3 rings (SSSR count). The Kier molecular flexibility index (Phi) is 4.73. The van der Waals surface area contributed by atoms with Gasteiger partial charge in [-0.2, -0.15) is 0 Å². The van der Waals surface area contributed by atoms with E-state index in [0.717, 1.165) is 32.0 Å². The zero-order chi connectivity index (χ0) is 16.1. The van der Waals surface area contributed by atoms with Gasteiger partial charge in [-0.05, 0) is 30.3 Å². The summed E-state index contributed by atoms with van der Waals surface area (Å²) >= 11 is 0. The van der Waals surface area contributed by atoms with E-state index in [2.05, 4.69) is 14.8 Å². The van der Waals surface area contributed by atoms with E-state index in [1.54, 1.807) is 30.5 Å². The number of nitrogens with zero attached hydrogens (tertiary/aromatic N) is 3. The predicted molar refractivity (Wildman–Crippen MR) is 86.9 cm³/mol. The lowest BCUT2D eigenvalue weighted by atomic mass is 10.2. The number of benzene rings is 1. The summed E-state index contributed by atoms with van der Waals surface area (Å²) in [6, 6.07) is 12.5. The summed E-state index contributed by atoms with van der Waals surface area (Å²) in [5, 5.41) is 8.99. The first-order chi connectivity index (χ1) is 11.2. The van der Waals surface area contributed by atoms with Crippen LogP contribution < -0.4 is 9.64 Å². The number of hydrogen-bond acceptors (Lipinski definition) is 5. The quantitative estimate of drug-likeness (QED) is 0.910. The molecule has 120 valence electrons. The van der Waals surface area contributed by atoms with Crippen molar-refractivity contribution in [2.24, 2.45) is 0 Å². The van der Waals surface area contributed by atoms with Crippen LogP contribution in [0.2, 0.25) is 0 Å². The van der Waals surface area contributed by atoms with Crippen LogP contribution in [-0.2, 0) is 0 Å². The van der Waals surface area contributed by atoms with Crippen LogP contribution in [-0.4, -0.2) is 53.9 Å². The molecule has 0 atom stereocenters. The van der Waals surface area contributed by atoms with Gasteiger partial charge in [0.05, 0.1) is 5.56 Å². The Morgan fingerprint density at radius 3 is 2.65 bits per heavy atom. The number of piperazine rings is 1. The molecule has 2 heterocycles. The Morgan fingerprint density at radius 1 is 1.13 bits per heavy atom. The molecule has 0 radical (unpaired) electrons. The van der Waals surface area contributed by atoms with E-state index in [1.807, 2.05) is 18.2 Å². The second-order valence-electron chi connectivity index (χ2n) is 5.40. The summed E-state index contributed by atoms with van der Waals surface area (Å²) < 4.78 is 5.71. The molecule has 1 aromatic carbocycles. The van der Waals surface area contributed by atoms with Crippen LogP contribution >= 0.6 is 0 Å². The van der Waals surface area contributed by atoms with Crippen LogP contribution in [0.25, 0.3) is 0 Å². The van der Waals surface area contributed by atoms with E-state index >= 15 is 0 Å². The van der Waals surface area contributed by atoms with Gasteiger partial charge in [0, 0.05) is 32.4 Å². The number of carboxylic acid groups (broad SMARTS) is 1. The maximum Gasteiger partial charge on any atom is 0.335 e. The standard InChI is InChI=1S/C17H19N3O3/c21-17(22)14-4-3-5-15(12-14)23-13-19-8-10-20(11-9-19)16-6-1-2-7-18-16/h1-7,12H,8-11,13H2,(H,21,22). The number of rotatable bonds is 5. The van der Waals surface area contributed by atoms with Crippen molar-refractivity contribution in [2.75, 3.05) is 37.8 Å². The third-order valence-electron chi connectivity index (χ3n) is 3.84. The fraction of sp³-hybridized carbons (Fsp3) is 0.294. The molecule has 0 saturated carbocycles. The van der Waals surface area contributed by atoms with E-state index < -0.39 is 5.97 Å². The van der Waals surface area contributed by atoms with Gasteiger partial charge in [0.15, 0.2) is 0 Å². The highest BCUT2D eigenvalue weighted by atomic mass is 16.5. The summed E-state index contributed by atoms with van der Waals surface area (Å²) in [5.74, 6) is 0.638. The maximum absolute atomic E-state index is 11.0. The van der Waals surface area contributed by atoms with Gasteiger partial charge in [-0.3, -0.25) is 4.90 Å². The third-order valence-corrected chi connectivity index (χ3v) is 3.84. The number of pyridine rings is 1. The monoisotopic (exact) mass is 313 g/mol. The van der Waals surface area contributed by atoms with Crippen molar-refractivity contribution in [2.45, 2.75) is 0 Å². The molecule has 23 heavy (non-hydrogen) atoms. The predicted octanol–water partition coefficient (Wildman–Crippen LogP) is 1.94. The highest BCUT2D eigenvalue weighted by Gasteiger charge is 2.18. The van der Waals surface area contributed by atoms with E-state index in [9.17, 15) is 4.79 Å². The van der Waals surface area contributed by atoms with Gasteiger partial charge >= 0.3 is 5.97 Å². The molecule has 6 nitrogen and oxygen atoms in total. The van der Waals surface area contributed by atoms with Crippen LogP contribution in [0.4, 0.5) is 5.82 Å². The molecule has 1 fully saturated rings. The zero-order valence-electron chi connectivity index (χ0n) is 12.8. The molecule has 1 aliphatic rings. The van der Waals surface area contributed by atoms with Crippen molar-refractivity contribution in [3.05, 3.63) is 54.2 Å². The van der Waals surface area contributed by atoms with E-state index in [0.29, 0.717) is 12.5 Å². The maximum atomic E-state index is 11.0. The largest absolute Gasteiger partial charge is 0.478 e. The topological polar surface area (TPSA) is 65.9 Å². The smallest absolute Gasteiger partial charge is 0.335 e. The Morgan fingerprint density at radius 2 is 1.96 bits per heavy atom. The molecular weight excluding hydrogens is 294 g/mol. The molecule has 0 aliphatic carbocycles. The summed E-state index contributed by atoms with van der Waals surface area (Å²) in [4.78, 5) is 19.8. The minimum atomic E-state index is -0.945. The van der Waals surface area contributed by atoms with Gasteiger partial charge in [-0.1, -0.05) is 12.1 Å². The van der Waals surface area contributed by atoms with Crippen LogP contribution in [0.5, 0.6) is 5.75 Å². The fourth-order valence-corrected chi connectivity index (χ4v) is 2.53. The second-order valence-corrected chi connectivity index (χ2v) is 5.40. The van der Waals surface area contributed by atoms with Crippen molar-refractivity contribution in [1.29, 1.82) is 0 Å². The SMILES string of the molecule is O=C(O)c1cccc(OCN2CCN(c3ccccn3)CC2)c1. The molecular formula is C17H19N3O3. The molecule has 1 N–H and O–H groups in total. The molecule has 1 aliphatic heterocycles. The van der Waals surface area contributed by atoms with Gasteiger partial charge in [0.2, 0.25) is 0 Å². The first-order valence-corrected chi connectivity index (χ1v) is 7.57. The average molecular weight is 313 g/mol. The summed E-state index contributed by atoms with van der Waals surface area (Å²) in [6.07, 6.45) is 1.81. The molecule has 2 aromatic rings. The summed E-state index contributed by atoms with van der Waals surface area (Å²) in [7, 11) is 0. The van der Waals surface area contributed by atoms with Crippen molar-refractivity contribution < 1.29 is 14.6 Å². The number of carbonyl (C=O) groups is 1. The van der Waals surface area contributed by atoms with Gasteiger partial charge in [-0.15, -0.1) is 0 Å². The Balaban J connectivity index is 1.49. The zero-order valence-corrected chi connectivity index (χ0v) is 12.8. The Bertz CT molecular complexity index is 655. The Hall–Kier alpha value is -2.60. The van der Waals surface area contributed by atoms with Crippen LogP contribution in [0.3, 0.4) is 0 Å². The van der Waals surface area contributed by atoms with Crippen molar-refractivity contribution in [3.63, 3.8) is 0 Å². The Labute approximate surface area is 134 Å². The molecule has 0 amide bonds. The minimum Gasteiger partial charge on any atom is -0.478 e. The number of aromatic nitrogens is 1. The average Bonchev–Trinajstić information content (AvgIpc) is 2.61. The van der Waals surface area contributed by atoms with Crippen molar-refractivity contribution >= 4 is 11.8 Å². The van der Waals surface area contributed by atoms with Crippen LogP contribution in [0, 0.1) is 0 Å². The van der Waals surface area contributed by atoms with E-state index in [1.165, 1.54) is 0 Å². The lowest BCUT2D eigenvalue weighted by Gasteiger charge is -2.35. The summed E-state index contributed by atoms with van der Waals surface area (Å²) in [6.45, 7) is 4.02. The highest BCUT2D eigenvalue weighted by Crippen LogP contribution is 2.15. The molecule has 6 heteroatoms. The van der Waals surface area contributed by atoms with Gasteiger partial charge in [0.25, 0.3) is 0 Å². The molecule has 0 spiro atoms. The van der Waals surface area contributed by atoms with Gasteiger partial charge in [0.1, 0.15) is 18.3 Å². The number of ether oxygens (including phenoxy) is 1. The van der Waals surface area contributed by atoms with E-state index in [-0.39, 0.29) is 5.56 Å². The molecule has 1 saturated heterocycles. The number of aromatic carboxylic acids is 1. The van der Waals surface area contributed by atoms with Gasteiger partial charge in [-0.25, -0.2) is 9.78 Å². The van der Waals surface area contributed by atoms with E-state index in [4.69, 9.17) is 9.84 Å². The first-order valence-electron chi connectivity index (χ1n) is 7.57. The summed E-state index contributed by atoms with van der Waals surface area (Å²) in [5.41, 5.74) is 0.238. The fourth-order valence-electron chi connectivity index (χ4n) is 2.53. The number of carboxylic acids is 1. The number of hydrogen-bond donors (Lipinski definition) is 1. The van der Waals surface area contributed by atoms with Crippen molar-refractivity contribution in [3.8, 4) is 5.75 Å². The lowest BCUT2D eigenvalue weighted by molar-refractivity contribution is 0.0695. The van der Waals surface area contributed by atoms with Crippen molar-refractivity contribution in [1.82, 2.24) is 9.88 Å². The number of anilines is 1. The molecule has 0 unspecified atom stereocenters. The molecule has 0 bridgehead atoms. The highest BCUT2D eigenvalue weighted by molar-refractivity contribution is 5.87. The lowest BCUT2D eigenvalue weighted by Crippen LogP contribution is -2.47. The van der Waals surface area contributed by atoms with Gasteiger partial charge < -0.3 is 14.7 Å². The van der Waals surface area contributed by atoms with Crippen LogP contribution in [0.15, 0.2) is 48.7 Å². The minimum absolute atomic E-state index is 0.238. The second kappa shape index (κ2) is 7.11. The third kappa shape index (κ3) is 3.98. The molecule has 1 aromatic heterocycles. The van der Waals surface area contributed by atoms with Crippen LogP contribution in [0.1, 0.15) is 10.4 Å². The normalized spacial score (nSPS) is 15.4.